The molecule has 1 atom stereocenters. The lowest BCUT2D eigenvalue weighted by Gasteiger charge is -2.13. The summed E-state index contributed by atoms with van der Waals surface area (Å²) in [6.45, 7) is 0.491. The van der Waals surface area contributed by atoms with Gasteiger partial charge in [-0.2, -0.15) is 0 Å². The van der Waals surface area contributed by atoms with Crippen LogP contribution in [-0.2, 0) is 27.6 Å². The molecule has 0 radical (unpaired) electrons. The van der Waals surface area contributed by atoms with Crippen molar-refractivity contribution in [3.63, 3.8) is 0 Å². The quantitative estimate of drug-likeness (QED) is 0.567. The Bertz CT molecular complexity index is 1300. The summed E-state index contributed by atoms with van der Waals surface area (Å²) < 4.78 is 41.2. The normalized spacial score (nSPS) is 16.2. The number of benzene rings is 2. The van der Waals surface area contributed by atoms with Gasteiger partial charge in [0.2, 0.25) is 0 Å². The van der Waals surface area contributed by atoms with Crippen LogP contribution in [0.2, 0.25) is 10.0 Å². The van der Waals surface area contributed by atoms with Crippen molar-refractivity contribution in [1.82, 2.24) is 4.57 Å². The molecule has 4 rings (SSSR count). The molecule has 0 bridgehead atoms. The average molecular weight is 470 g/mol. The third-order valence-corrected chi connectivity index (χ3v) is 7.24. The minimum absolute atomic E-state index is 0.0889. The van der Waals surface area contributed by atoms with Crippen LogP contribution in [0, 0.1) is 5.82 Å². The minimum Gasteiger partial charge on any atom is -0.481 e. The Hall–Kier alpha value is -2.09. The molecule has 0 saturated carbocycles. The van der Waals surface area contributed by atoms with Gasteiger partial charge in [0.05, 0.1) is 16.8 Å². The molecule has 158 valence electrons. The predicted molar refractivity (Wildman–Crippen MR) is 114 cm³/mol. The SMILES string of the molecule is CS(=O)(=O)c1cc(F)cc2c1c(Cc1ccc(Cl)cc1Cl)c1n2CC[C@@H]1CC(=O)O. The number of carboxylic acids is 1. The zero-order valence-electron chi connectivity index (χ0n) is 16.0. The van der Waals surface area contributed by atoms with Crippen LogP contribution in [0.25, 0.3) is 10.9 Å². The number of aryl methyl sites for hydroxylation is 1. The largest absolute Gasteiger partial charge is 0.481 e. The molecule has 0 spiro atoms. The number of carboxylic acid groups (broad SMARTS) is 1. The van der Waals surface area contributed by atoms with E-state index in [1.165, 1.54) is 6.07 Å². The predicted octanol–water partition coefficient (Wildman–Crippen LogP) is 5.04. The van der Waals surface area contributed by atoms with Gasteiger partial charge in [0.15, 0.2) is 9.84 Å². The maximum absolute atomic E-state index is 14.3. The number of hydrogen-bond acceptors (Lipinski definition) is 3. The molecule has 0 amide bonds. The summed E-state index contributed by atoms with van der Waals surface area (Å²) in [4.78, 5) is 11.3. The van der Waals surface area contributed by atoms with Gasteiger partial charge in [0.1, 0.15) is 5.82 Å². The number of aromatic nitrogens is 1. The van der Waals surface area contributed by atoms with Crippen LogP contribution in [0.5, 0.6) is 0 Å². The standard InChI is InChI=1S/C21H18Cl2FNO4S/c1-30(28,29)18-10-14(24)9-17-20(18)15(6-11-2-3-13(22)8-16(11)23)21-12(7-19(26)27)4-5-25(17)21/h2-3,8-10,12H,4-7H2,1H3,(H,26,27)/t12-/m1/s1. The van der Waals surface area contributed by atoms with Gasteiger partial charge in [-0.3, -0.25) is 4.79 Å². The summed E-state index contributed by atoms with van der Waals surface area (Å²) in [6.07, 6.45) is 1.81. The van der Waals surface area contributed by atoms with Gasteiger partial charge in [0, 0.05) is 46.3 Å². The first kappa shape index (κ1) is 21.2. The van der Waals surface area contributed by atoms with Crippen molar-refractivity contribution in [1.29, 1.82) is 0 Å². The molecule has 1 aromatic heterocycles. The van der Waals surface area contributed by atoms with Crippen molar-refractivity contribution in [2.45, 2.75) is 36.6 Å². The molecule has 0 unspecified atom stereocenters. The Labute approximate surface area is 182 Å². The lowest BCUT2D eigenvalue weighted by molar-refractivity contribution is -0.137. The van der Waals surface area contributed by atoms with Crippen LogP contribution in [-0.4, -0.2) is 30.3 Å². The topological polar surface area (TPSA) is 76.4 Å². The zero-order valence-corrected chi connectivity index (χ0v) is 18.3. The zero-order chi connectivity index (χ0) is 21.8. The highest BCUT2D eigenvalue weighted by Gasteiger charge is 2.33. The van der Waals surface area contributed by atoms with Crippen LogP contribution >= 0.6 is 23.2 Å². The molecule has 0 aliphatic carbocycles. The molecule has 3 aromatic rings. The van der Waals surface area contributed by atoms with E-state index in [4.69, 9.17) is 23.2 Å². The van der Waals surface area contributed by atoms with E-state index in [0.29, 0.717) is 39.5 Å². The lowest BCUT2D eigenvalue weighted by atomic mass is 9.92. The number of aliphatic carboxylic acids is 1. The first-order valence-electron chi connectivity index (χ1n) is 9.26. The Kier molecular flexibility index (Phi) is 5.33. The fourth-order valence-corrected chi connectivity index (χ4v) is 5.77. The number of sulfone groups is 1. The summed E-state index contributed by atoms with van der Waals surface area (Å²) in [5, 5.41) is 10.7. The first-order chi connectivity index (χ1) is 14.1. The molecule has 30 heavy (non-hydrogen) atoms. The van der Waals surface area contributed by atoms with Gasteiger partial charge in [0.25, 0.3) is 0 Å². The molecule has 2 aromatic carbocycles. The Morgan fingerprint density at radius 3 is 2.63 bits per heavy atom. The fraction of sp³-hybridized carbons (Fsp3) is 0.286. The number of halogens is 3. The highest BCUT2D eigenvalue weighted by Crippen LogP contribution is 2.44. The van der Waals surface area contributed by atoms with Crippen molar-refractivity contribution in [3.05, 3.63) is 63.0 Å². The molecule has 1 aliphatic heterocycles. The van der Waals surface area contributed by atoms with Gasteiger partial charge in [-0.1, -0.05) is 29.3 Å². The minimum atomic E-state index is -3.74. The molecular weight excluding hydrogens is 452 g/mol. The lowest BCUT2D eigenvalue weighted by Crippen LogP contribution is -2.06. The molecule has 1 N–H and O–H groups in total. The van der Waals surface area contributed by atoms with E-state index in [1.54, 1.807) is 18.2 Å². The number of rotatable bonds is 5. The van der Waals surface area contributed by atoms with Gasteiger partial charge < -0.3 is 9.67 Å². The van der Waals surface area contributed by atoms with Crippen LogP contribution in [0.3, 0.4) is 0 Å². The highest BCUT2D eigenvalue weighted by molar-refractivity contribution is 7.91. The van der Waals surface area contributed by atoms with E-state index < -0.39 is 21.6 Å². The molecule has 5 nitrogen and oxygen atoms in total. The first-order valence-corrected chi connectivity index (χ1v) is 11.9. The second-order valence-corrected chi connectivity index (χ2v) is 10.4. The van der Waals surface area contributed by atoms with E-state index in [1.807, 2.05) is 4.57 Å². The maximum Gasteiger partial charge on any atom is 0.304 e. The number of nitrogens with zero attached hydrogens (tertiary/aromatic N) is 1. The Balaban J connectivity index is 2.04. The van der Waals surface area contributed by atoms with Crippen molar-refractivity contribution < 1.29 is 22.7 Å². The molecule has 0 fully saturated rings. The van der Waals surface area contributed by atoms with Gasteiger partial charge in [-0.25, -0.2) is 12.8 Å². The Morgan fingerprint density at radius 2 is 2.00 bits per heavy atom. The summed E-state index contributed by atoms with van der Waals surface area (Å²) in [7, 11) is -3.74. The summed E-state index contributed by atoms with van der Waals surface area (Å²) in [5.74, 6) is -1.89. The third kappa shape index (κ3) is 3.70. The van der Waals surface area contributed by atoms with Crippen LogP contribution in [0.4, 0.5) is 4.39 Å². The maximum atomic E-state index is 14.3. The molecule has 9 heteroatoms. The van der Waals surface area contributed by atoms with Crippen molar-refractivity contribution >= 4 is 49.9 Å². The van der Waals surface area contributed by atoms with Crippen LogP contribution < -0.4 is 0 Å². The second-order valence-electron chi connectivity index (χ2n) is 7.58. The van der Waals surface area contributed by atoms with Crippen LogP contribution in [0.15, 0.2) is 35.2 Å². The number of hydrogen-bond donors (Lipinski definition) is 1. The van der Waals surface area contributed by atoms with E-state index in [-0.39, 0.29) is 23.7 Å². The molecular formula is C21H18Cl2FNO4S. The van der Waals surface area contributed by atoms with Gasteiger partial charge in [-0.15, -0.1) is 0 Å². The van der Waals surface area contributed by atoms with E-state index in [0.717, 1.165) is 23.6 Å². The summed E-state index contributed by atoms with van der Waals surface area (Å²) >= 11 is 12.4. The molecule has 1 aliphatic rings. The molecule has 2 heterocycles. The van der Waals surface area contributed by atoms with Gasteiger partial charge >= 0.3 is 5.97 Å². The smallest absolute Gasteiger partial charge is 0.304 e. The summed E-state index contributed by atoms with van der Waals surface area (Å²) in [6, 6.07) is 7.37. The van der Waals surface area contributed by atoms with Gasteiger partial charge in [-0.05, 0) is 41.8 Å². The monoisotopic (exact) mass is 469 g/mol. The van der Waals surface area contributed by atoms with Crippen molar-refractivity contribution in [2.24, 2.45) is 0 Å². The molecule has 0 saturated heterocycles. The Morgan fingerprint density at radius 1 is 1.27 bits per heavy atom. The number of carbonyl (C=O) groups is 1. The average Bonchev–Trinajstić information content (AvgIpc) is 3.15. The van der Waals surface area contributed by atoms with Crippen molar-refractivity contribution in [2.75, 3.05) is 6.26 Å². The summed E-state index contributed by atoms with van der Waals surface area (Å²) in [5.41, 5.74) is 2.58. The fourth-order valence-electron chi connectivity index (χ4n) is 4.37. The van der Waals surface area contributed by atoms with Crippen LogP contribution in [0.1, 0.15) is 35.6 Å². The third-order valence-electron chi connectivity index (χ3n) is 5.53. The number of fused-ring (bicyclic) bond motifs is 3. The van der Waals surface area contributed by atoms with E-state index in [2.05, 4.69) is 0 Å². The second kappa shape index (κ2) is 7.55. The van der Waals surface area contributed by atoms with E-state index >= 15 is 0 Å². The van der Waals surface area contributed by atoms with E-state index in [9.17, 15) is 22.7 Å². The van der Waals surface area contributed by atoms with Crippen molar-refractivity contribution in [3.8, 4) is 0 Å². The highest BCUT2D eigenvalue weighted by atomic mass is 35.5.